The second-order valence-corrected chi connectivity index (χ2v) is 5.63. The summed E-state index contributed by atoms with van der Waals surface area (Å²) in [5, 5.41) is 0. The molecule has 0 saturated carbocycles. The van der Waals surface area contributed by atoms with Crippen LogP contribution in [-0.4, -0.2) is 17.6 Å². The maximum atomic E-state index is 5.90. The zero-order valence-corrected chi connectivity index (χ0v) is 13.2. The minimum Gasteiger partial charge on any atom is -0.366 e. The summed E-state index contributed by atoms with van der Waals surface area (Å²) in [5.41, 5.74) is 10.9. The fraction of sp³-hybridized carbons (Fsp3) is 0.389. The van der Waals surface area contributed by atoms with Gasteiger partial charge in [-0.15, -0.1) is 0 Å². The van der Waals surface area contributed by atoms with Crippen molar-refractivity contribution in [3.63, 3.8) is 0 Å². The van der Waals surface area contributed by atoms with E-state index in [9.17, 15) is 0 Å². The molecule has 2 N–H and O–H groups in total. The summed E-state index contributed by atoms with van der Waals surface area (Å²) in [6.45, 7) is 8.18. The van der Waals surface area contributed by atoms with Gasteiger partial charge in [-0.2, -0.15) is 0 Å². The van der Waals surface area contributed by atoms with Crippen LogP contribution in [-0.2, 0) is 13.0 Å². The normalized spacial score (nSPS) is 12.2. The molecule has 2 rings (SSSR count). The van der Waals surface area contributed by atoms with Crippen LogP contribution in [0.1, 0.15) is 30.7 Å². The van der Waals surface area contributed by atoms with Gasteiger partial charge in [0.15, 0.2) is 0 Å². The van der Waals surface area contributed by atoms with Crippen LogP contribution >= 0.6 is 0 Å². The van der Waals surface area contributed by atoms with Gasteiger partial charge in [0, 0.05) is 24.5 Å². The van der Waals surface area contributed by atoms with E-state index in [-0.39, 0.29) is 6.04 Å². The minimum atomic E-state index is 0.199. The van der Waals surface area contributed by atoms with Crippen LogP contribution in [0.15, 0.2) is 42.6 Å². The van der Waals surface area contributed by atoms with E-state index < -0.39 is 0 Å². The Hall–Kier alpha value is -1.87. The van der Waals surface area contributed by atoms with Gasteiger partial charge in [0.1, 0.15) is 0 Å². The van der Waals surface area contributed by atoms with E-state index in [1.54, 1.807) is 0 Å². The predicted molar refractivity (Wildman–Crippen MR) is 89.5 cm³/mol. The molecule has 0 spiro atoms. The largest absolute Gasteiger partial charge is 0.366 e. The molecule has 3 nitrogen and oxygen atoms in total. The van der Waals surface area contributed by atoms with Crippen molar-refractivity contribution < 1.29 is 0 Å². The second kappa shape index (κ2) is 7.23. The summed E-state index contributed by atoms with van der Waals surface area (Å²) in [6.07, 6.45) is 2.78. The van der Waals surface area contributed by atoms with Crippen molar-refractivity contribution in [3.05, 3.63) is 59.4 Å². The van der Waals surface area contributed by atoms with Crippen LogP contribution in [0.25, 0.3) is 0 Å². The molecule has 0 saturated heterocycles. The topological polar surface area (TPSA) is 42.2 Å². The highest BCUT2D eigenvalue weighted by Gasteiger charge is 2.09. The van der Waals surface area contributed by atoms with Gasteiger partial charge in [0.05, 0.1) is 12.2 Å². The molecule has 3 heteroatoms. The van der Waals surface area contributed by atoms with Crippen LogP contribution in [0, 0.1) is 6.92 Å². The van der Waals surface area contributed by atoms with Crippen molar-refractivity contribution in [1.29, 1.82) is 0 Å². The van der Waals surface area contributed by atoms with E-state index >= 15 is 0 Å². The molecule has 1 aromatic heterocycles. The van der Waals surface area contributed by atoms with Crippen molar-refractivity contribution in [2.24, 2.45) is 5.73 Å². The lowest BCUT2D eigenvalue weighted by atomic mass is 10.0. The molecule has 0 aliphatic rings. The fourth-order valence-electron chi connectivity index (χ4n) is 2.53. The number of nitrogens with two attached hydrogens (primary N) is 1. The smallest absolute Gasteiger partial charge is 0.0601 e. The third-order valence-corrected chi connectivity index (χ3v) is 3.69. The molecule has 0 fully saturated rings. The van der Waals surface area contributed by atoms with E-state index in [0.717, 1.165) is 25.2 Å². The molecular weight excluding hydrogens is 258 g/mol. The molecule has 1 unspecified atom stereocenters. The summed E-state index contributed by atoms with van der Waals surface area (Å²) in [6, 6.07) is 12.9. The molecule has 21 heavy (non-hydrogen) atoms. The monoisotopic (exact) mass is 283 g/mol. The van der Waals surface area contributed by atoms with Gasteiger partial charge >= 0.3 is 0 Å². The number of rotatable bonds is 6. The molecule has 0 radical (unpaired) electrons. The predicted octanol–water partition coefficient (Wildman–Crippen LogP) is 3.31. The molecule has 0 aliphatic carbocycles. The molecule has 0 amide bonds. The van der Waals surface area contributed by atoms with Crippen molar-refractivity contribution in [2.75, 3.05) is 11.4 Å². The van der Waals surface area contributed by atoms with Crippen molar-refractivity contribution in [1.82, 2.24) is 4.98 Å². The fourth-order valence-corrected chi connectivity index (χ4v) is 2.53. The number of pyridine rings is 1. The summed E-state index contributed by atoms with van der Waals surface area (Å²) >= 11 is 0. The lowest BCUT2D eigenvalue weighted by Crippen LogP contribution is -2.23. The van der Waals surface area contributed by atoms with Crippen LogP contribution in [0.3, 0.4) is 0 Å². The van der Waals surface area contributed by atoms with E-state index in [1.807, 2.05) is 25.3 Å². The van der Waals surface area contributed by atoms with Crippen molar-refractivity contribution in [3.8, 4) is 0 Å². The summed E-state index contributed by atoms with van der Waals surface area (Å²) < 4.78 is 0. The second-order valence-electron chi connectivity index (χ2n) is 5.63. The first-order valence-corrected chi connectivity index (χ1v) is 7.60. The Morgan fingerprint density at radius 2 is 2.05 bits per heavy atom. The van der Waals surface area contributed by atoms with Crippen molar-refractivity contribution >= 4 is 5.69 Å². The Balaban J connectivity index is 2.17. The van der Waals surface area contributed by atoms with Crippen LogP contribution in [0.2, 0.25) is 0 Å². The van der Waals surface area contributed by atoms with Gasteiger partial charge in [-0.3, -0.25) is 4.98 Å². The minimum absolute atomic E-state index is 0.199. The summed E-state index contributed by atoms with van der Waals surface area (Å²) in [7, 11) is 0. The molecule has 1 aromatic carbocycles. The molecule has 1 heterocycles. The average Bonchev–Trinajstić information content (AvgIpc) is 2.47. The Morgan fingerprint density at radius 1 is 1.24 bits per heavy atom. The zero-order chi connectivity index (χ0) is 15.2. The Bertz CT molecular complexity index is 564. The van der Waals surface area contributed by atoms with Crippen LogP contribution in [0.4, 0.5) is 5.69 Å². The molecular formula is C18H25N3. The number of aryl methyl sites for hydroxylation is 1. The number of aromatic nitrogens is 1. The molecule has 0 bridgehead atoms. The Morgan fingerprint density at radius 3 is 2.62 bits per heavy atom. The van der Waals surface area contributed by atoms with E-state index in [2.05, 4.69) is 48.0 Å². The maximum absolute atomic E-state index is 5.90. The molecule has 112 valence electrons. The van der Waals surface area contributed by atoms with E-state index in [1.165, 1.54) is 16.8 Å². The van der Waals surface area contributed by atoms with Crippen LogP contribution in [0.5, 0.6) is 0 Å². The Labute approximate surface area is 127 Å². The number of nitrogens with zero attached hydrogens (tertiary/aromatic N) is 2. The standard InChI is InChI=1S/C18H25N3/c1-4-21(13-17-7-5-6-10-20-17)18-9-8-16(12-15(3)19)14(2)11-18/h5-11,15H,4,12-13,19H2,1-3H3. The van der Waals surface area contributed by atoms with Gasteiger partial charge in [0.25, 0.3) is 0 Å². The van der Waals surface area contributed by atoms with Gasteiger partial charge in [-0.1, -0.05) is 12.1 Å². The van der Waals surface area contributed by atoms with Gasteiger partial charge < -0.3 is 10.6 Å². The van der Waals surface area contributed by atoms with Gasteiger partial charge in [0.2, 0.25) is 0 Å². The number of benzene rings is 1. The maximum Gasteiger partial charge on any atom is 0.0601 e. The quantitative estimate of drug-likeness (QED) is 0.884. The summed E-state index contributed by atoms with van der Waals surface area (Å²) in [4.78, 5) is 6.75. The van der Waals surface area contributed by atoms with Gasteiger partial charge in [-0.25, -0.2) is 0 Å². The average molecular weight is 283 g/mol. The summed E-state index contributed by atoms with van der Waals surface area (Å²) in [5.74, 6) is 0. The lowest BCUT2D eigenvalue weighted by molar-refractivity contribution is 0.734. The molecule has 0 aliphatic heterocycles. The van der Waals surface area contributed by atoms with Gasteiger partial charge in [-0.05, 0) is 62.6 Å². The first-order chi connectivity index (χ1) is 10.1. The first kappa shape index (κ1) is 15.5. The highest BCUT2D eigenvalue weighted by molar-refractivity contribution is 5.51. The van der Waals surface area contributed by atoms with E-state index in [0.29, 0.717) is 0 Å². The number of hydrogen-bond acceptors (Lipinski definition) is 3. The number of anilines is 1. The molecule has 1 atom stereocenters. The molecule has 2 aromatic rings. The van der Waals surface area contributed by atoms with Crippen molar-refractivity contribution in [2.45, 2.75) is 39.8 Å². The Kier molecular flexibility index (Phi) is 5.34. The third-order valence-electron chi connectivity index (χ3n) is 3.69. The first-order valence-electron chi connectivity index (χ1n) is 7.60. The SMILES string of the molecule is CCN(Cc1ccccn1)c1ccc(CC(C)N)c(C)c1. The number of hydrogen-bond donors (Lipinski definition) is 1. The highest BCUT2D eigenvalue weighted by atomic mass is 15.1. The van der Waals surface area contributed by atoms with E-state index in [4.69, 9.17) is 5.73 Å². The lowest BCUT2D eigenvalue weighted by Gasteiger charge is -2.24. The third kappa shape index (κ3) is 4.30. The zero-order valence-electron chi connectivity index (χ0n) is 13.2. The van der Waals surface area contributed by atoms with Crippen LogP contribution < -0.4 is 10.6 Å². The highest BCUT2D eigenvalue weighted by Crippen LogP contribution is 2.21.